The van der Waals surface area contributed by atoms with Crippen molar-refractivity contribution in [1.82, 2.24) is 9.97 Å². The van der Waals surface area contributed by atoms with Crippen molar-refractivity contribution in [2.24, 2.45) is 17.6 Å². The van der Waals surface area contributed by atoms with Crippen molar-refractivity contribution in [3.63, 3.8) is 0 Å². The monoisotopic (exact) mass is 479 g/mol. The molecule has 1 saturated heterocycles. The van der Waals surface area contributed by atoms with Crippen LogP contribution in [0, 0.1) is 11.8 Å². The largest absolute Gasteiger partial charge is 0.446 e. The highest BCUT2D eigenvalue weighted by Crippen LogP contribution is 2.32. The van der Waals surface area contributed by atoms with Gasteiger partial charge in [0.05, 0.1) is 10.7 Å². The number of pyridine rings is 1. The van der Waals surface area contributed by atoms with Crippen LogP contribution < -0.4 is 16.4 Å². The highest BCUT2D eigenvalue weighted by atomic mass is 35.5. The van der Waals surface area contributed by atoms with Crippen molar-refractivity contribution in [1.29, 1.82) is 0 Å². The molecule has 1 amide bonds. The van der Waals surface area contributed by atoms with Gasteiger partial charge in [-0.1, -0.05) is 11.6 Å². The number of carbonyl (C=O) groups excluding carboxylic acids is 1. The maximum Gasteiger partial charge on any atom is 0.404 e. The summed E-state index contributed by atoms with van der Waals surface area (Å²) in [5, 5.41) is 10.4. The number of hydrogen-bond acceptors (Lipinski definition) is 8. The van der Waals surface area contributed by atoms with E-state index in [9.17, 15) is 4.79 Å². The van der Waals surface area contributed by atoms with Crippen molar-refractivity contribution >= 4 is 40.0 Å². The Morgan fingerprint density at radius 3 is 2.62 bits per heavy atom. The van der Waals surface area contributed by atoms with Crippen molar-refractivity contribution in [2.45, 2.75) is 44.6 Å². The lowest BCUT2D eigenvalue weighted by molar-refractivity contribution is 0.0699. The molecule has 32 heavy (non-hydrogen) atoms. The van der Waals surface area contributed by atoms with E-state index in [0.717, 1.165) is 87.0 Å². The Hall–Kier alpha value is -2.10. The summed E-state index contributed by atoms with van der Waals surface area (Å²) in [6.45, 7) is 3.42. The molecule has 0 aromatic carbocycles. The first-order valence-corrected chi connectivity index (χ1v) is 12.5. The number of anilines is 2. The lowest BCUT2D eigenvalue weighted by Crippen LogP contribution is -2.29. The zero-order valence-corrected chi connectivity index (χ0v) is 19.6. The molecule has 0 bridgehead atoms. The molecule has 3 heterocycles. The maximum absolute atomic E-state index is 10.9. The number of nitrogens with zero attached hydrogens (tertiary/aromatic N) is 2. The smallest absolute Gasteiger partial charge is 0.404 e. The normalized spacial score (nSPS) is 21.8. The first-order chi connectivity index (χ1) is 15.6. The number of carbonyl (C=O) groups is 1. The summed E-state index contributed by atoms with van der Waals surface area (Å²) in [7, 11) is 0. The number of aromatic nitrogens is 2. The zero-order valence-electron chi connectivity index (χ0n) is 18.0. The van der Waals surface area contributed by atoms with Crippen LogP contribution in [0.4, 0.5) is 15.7 Å². The van der Waals surface area contributed by atoms with Gasteiger partial charge in [-0.15, -0.1) is 11.3 Å². The molecule has 0 spiro atoms. The molecule has 8 nitrogen and oxygen atoms in total. The second-order valence-corrected chi connectivity index (χ2v) is 9.75. The fourth-order valence-corrected chi connectivity index (χ4v) is 5.18. The molecule has 174 valence electrons. The molecule has 2 aliphatic rings. The van der Waals surface area contributed by atoms with Gasteiger partial charge in [-0.25, -0.2) is 14.8 Å². The minimum Gasteiger partial charge on any atom is -0.446 e. The average Bonchev–Trinajstić information content (AvgIpc) is 3.27. The molecule has 2 fully saturated rings. The van der Waals surface area contributed by atoms with E-state index in [0.29, 0.717) is 16.9 Å². The van der Waals surface area contributed by atoms with Gasteiger partial charge in [-0.05, 0) is 56.4 Å². The predicted molar refractivity (Wildman–Crippen MR) is 127 cm³/mol. The van der Waals surface area contributed by atoms with Crippen LogP contribution in [-0.4, -0.2) is 48.5 Å². The first kappa shape index (κ1) is 23.1. The molecular weight excluding hydrogens is 450 g/mol. The van der Waals surface area contributed by atoms with E-state index < -0.39 is 6.09 Å². The first-order valence-electron chi connectivity index (χ1n) is 11.2. The molecule has 0 unspecified atom stereocenters. The van der Waals surface area contributed by atoms with E-state index in [4.69, 9.17) is 31.8 Å². The minimum absolute atomic E-state index is 0.0528. The number of halogens is 1. The molecule has 0 radical (unpaired) electrons. The van der Waals surface area contributed by atoms with Crippen molar-refractivity contribution in [2.75, 3.05) is 36.9 Å². The van der Waals surface area contributed by atoms with Crippen molar-refractivity contribution < 1.29 is 14.3 Å². The quantitative estimate of drug-likeness (QED) is 0.500. The summed E-state index contributed by atoms with van der Waals surface area (Å²) in [4.78, 5) is 20.1. The van der Waals surface area contributed by atoms with Crippen LogP contribution in [0.5, 0.6) is 0 Å². The Bertz CT molecular complexity index is 897. The van der Waals surface area contributed by atoms with Crippen LogP contribution in [0.1, 0.15) is 38.5 Å². The zero-order chi connectivity index (χ0) is 22.3. The van der Waals surface area contributed by atoms with Gasteiger partial charge in [0.2, 0.25) is 0 Å². The van der Waals surface area contributed by atoms with Crippen LogP contribution in [0.2, 0.25) is 5.02 Å². The van der Waals surface area contributed by atoms with E-state index in [-0.39, 0.29) is 6.10 Å². The Labute approximate surface area is 197 Å². The summed E-state index contributed by atoms with van der Waals surface area (Å²) in [6, 6.07) is 1.96. The van der Waals surface area contributed by atoms with Gasteiger partial charge in [-0.2, -0.15) is 0 Å². The number of rotatable bonds is 8. The fraction of sp³-hybridized carbons (Fsp3) is 0.591. The van der Waals surface area contributed by atoms with Crippen LogP contribution >= 0.6 is 22.9 Å². The summed E-state index contributed by atoms with van der Waals surface area (Å²) < 4.78 is 10.5. The van der Waals surface area contributed by atoms with Gasteiger partial charge >= 0.3 is 6.09 Å². The van der Waals surface area contributed by atoms with Crippen LogP contribution in [0.15, 0.2) is 17.6 Å². The molecule has 4 rings (SSSR count). The third-order valence-corrected chi connectivity index (χ3v) is 7.27. The van der Waals surface area contributed by atoms with E-state index in [1.165, 1.54) is 0 Å². The number of nitrogens with two attached hydrogens (primary N) is 1. The van der Waals surface area contributed by atoms with Crippen LogP contribution in [0.25, 0.3) is 11.3 Å². The van der Waals surface area contributed by atoms with Crippen LogP contribution in [-0.2, 0) is 9.47 Å². The average molecular weight is 480 g/mol. The molecule has 2 aromatic rings. The Kier molecular flexibility index (Phi) is 8.05. The molecular formula is C22H30ClN5O3S. The van der Waals surface area contributed by atoms with Gasteiger partial charge in [0, 0.05) is 43.4 Å². The third kappa shape index (κ3) is 6.46. The standard InChI is InChI=1S/C22H30ClN5O3S/c23-18-12-26-20(25-10-14-1-3-16(4-2-14)31-21(24)29)9-17(18)19-13-32-22(28-19)27-11-15-5-7-30-8-6-15/h9,12-16H,1-8,10-11H2,(H2,24,29)(H,25,26)(H,27,28). The lowest BCUT2D eigenvalue weighted by Gasteiger charge is -2.28. The molecule has 1 saturated carbocycles. The number of thiazole rings is 1. The maximum atomic E-state index is 10.9. The topological polar surface area (TPSA) is 111 Å². The molecule has 1 aliphatic heterocycles. The second-order valence-electron chi connectivity index (χ2n) is 8.48. The van der Waals surface area contributed by atoms with E-state index in [1.54, 1.807) is 17.5 Å². The van der Waals surface area contributed by atoms with Gasteiger partial charge in [0.15, 0.2) is 5.13 Å². The number of nitrogens with one attached hydrogen (secondary N) is 2. The number of primary amides is 1. The van der Waals surface area contributed by atoms with Gasteiger partial charge in [0.25, 0.3) is 0 Å². The van der Waals surface area contributed by atoms with Gasteiger partial charge in [-0.3, -0.25) is 0 Å². The Morgan fingerprint density at radius 2 is 1.88 bits per heavy atom. The Balaban J connectivity index is 1.30. The fourth-order valence-electron chi connectivity index (χ4n) is 4.26. The van der Waals surface area contributed by atoms with Crippen molar-refractivity contribution in [3.8, 4) is 11.3 Å². The lowest BCUT2D eigenvalue weighted by atomic mass is 9.87. The molecule has 0 atom stereocenters. The number of ether oxygens (including phenoxy) is 2. The van der Waals surface area contributed by atoms with Gasteiger partial charge in [0.1, 0.15) is 11.9 Å². The molecule has 10 heteroatoms. The van der Waals surface area contributed by atoms with Gasteiger partial charge < -0.3 is 25.8 Å². The summed E-state index contributed by atoms with van der Waals surface area (Å²) >= 11 is 8.02. The summed E-state index contributed by atoms with van der Waals surface area (Å²) in [5.41, 5.74) is 6.84. The predicted octanol–water partition coefficient (Wildman–Crippen LogP) is 4.76. The number of hydrogen-bond donors (Lipinski definition) is 3. The van der Waals surface area contributed by atoms with E-state index in [2.05, 4.69) is 15.6 Å². The summed E-state index contributed by atoms with van der Waals surface area (Å²) in [5.74, 6) is 1.92. The Morgan fingerprint density at radius 1 is 1.16 bits per heavy atom. The third-order valence-electron chi connectivity index (χ3n) is 6.17. The number of amides is 1. The SMILES string of the molecule is NC(=O)OC1CCC(CNc2cc(-c3csc(NCC4CCOCC4)n3)c(Cl)cn2)CC1. The molecule has 4 N–H and O–H groups in total. The van der Waals surface area contributed by atoms with E-state index in [1.807, 2.05) is 11.4 Å². The highest BCUT2D eigenvalue weighted by Gasteiger charge is 2.23. The van der Waals surface area contributed by atoms with Crippen LogP contribution in [0.3, 0.4) is 0 Å². The molecule has 1 aliphatic carbocycles. The minimum atomic E-state index is -0.687. The van der Waals surface area contributed by atoms with Crippen molar-refractivity contribution in [3.05, 3.63) is 22.7 Å². The summed E-state index contributed by atoms with van der Waals surface area (Å²) in [6.07, 6.45) is 6.78. The molecule has 2 aromatic heterocycles. The second kappa shape index (κ2) is 11.2. The highest BCUT2D eigenvalue weighted by molar-refractivity contribution is 7.14. The van der Waals surface area contributed by atoms with E-state index >= 15 is 0 Å².